The van der Waals surface area contributed by atoms with Crippen molar-refractivity contribution >= 4 is 23.3 Å². The van der Waals surface area contributed by atoms with Crippen LogP contribution in [-0.2, 0) is 9.47 Å². The van der Waals surface area contributed by atoms with Crippen molar-refractivity contribution in [3.8, 4) is 11.5 Å². The fourth-order valence-electron chi connectivity index (χ4n) is 2.03. The molecule has 10 nitrogen and oxygen atoms in total. The van der Waals surface area contributed by atoms with Gasteiger partial charge in [0.05, 0.1) is 50.2 Å². The molecule has 0 unspecified atom stereocenters. The van der Waals surface area contributed by atoms with Crippen LogP contribution in [0.1, 0.15) is 20.7 Å². The molecule has 2 aromatic carbocycles. The molecule has 0 fully saturated rings. The number of carbonyl (C=O) groups excluding carboxylic acids is 2. The molecule has 2 rings (SSSR count). The molecule has 0 aliphatic rings. The normalized spacial score (nSPS) is 9.43. The van der Waals surface area contributed by atoms with E-state index in [1.165, 1.54) is 46.6 Å². The number of methoxy groups -OCH3 is 4. The first-order valence-corrected chi connectivity index (χ1v) is 7.71. The van der Waals surface area contributed by atoms with Gasteiger partial charge in [0, 0.05) is 12.1 Å². The number of nitrogens with two attached hydrogens (primary N) is 1. The molecule has 0 radical (unpaired) electrons. The Morgan fingerprint density at radius 1 is 0.857 bits per heavy atom. The number of nitrogens with zero attached hydrogens (tertiary/aromatic N) is 1. The topological polar surface area (TPSA) is 140 Å². The molecule has 0 heterocycles. The van der Waals surface area contributed by atoms with Crippen LogP contribution in [0.5, 0.6) is 11.5 Å². The third-order valence-electron chi connectivity index (χ3n) is 3.45. The van der Waals surface area contributed by atoms with Gasteiger partial charge in [0.15, 0.2) is 5.75 Å². The van der Waals surface area contributed by atoms with Crippen LogP contribution in [-0.4, -0.2) is 45.3 Å². The molecular formula is C18H20N2O8. The van der Waals surface area contributed by atoms with Gasteiger partial charge in [-0.2, -0.15) is 0 Å². The summed E-state index contributed by atoms with van der Waals surface area (Å²) in [7, 11) is 5.34. The highest BCUT2D eigenvalue weighted by Gasteiger charge is 2.17. The molecule has 0 atom stereocenters. The average molecular weight is 392 g/mol. The summed E-state index contributed by atoms with van der Waals surface area (Å²) < 4.78 is 18.8. The fraction of sp³-hybridized carbons (Fsp3) is 0.222. The van der Waals surface area contributed by atoms with Gasteiger partial charge in [0.25, 0.3) is 0 Å². The molecule has 0 aliphatic carbocycles. The lowest BCUT2D eigenvalue weighted by Gasteiger charge is -2.05. The largest absolute Gasteiger partial charge is 0.495 e. The molecular weight excluding hydrogens is 372 g/mol. The van der Waals surface area contributed by atoms with Crippen LogP contribution in [0.3, 0.4) is 0 Å². The Bertz CT molecular complexity index is 867. The number of rotatable bonds is 5. The standard InChI is InChI=1S/C9H9NO5.C9H11NO3/c1-14-8-5-6(9(11)15-2)3-4-7(8)10(12)13;1-12-8-5-6(9(11)13-2)3-4-7(8)10/h3-5H,1-2H3;3-5H,10H2,1-2H3. The monoisotopic (exact) mass is 392 g/mol. The van der Waals surface area contributed by atoms with Gasteiger partial charge in [-0.05, 0) is 24.3 Å². The number of hydrogen-bond donors (Lipinski definition) is 1. The van der Waals surface area contributed by atoms with Crippen molar-refractivity contribution in [2.24, 2.45) is 0 Å². The van der Waals surface area contributed by atoms with Crippen LogP contribution in [0.25, 0.3) is 0 Å². The summed E-state index contributed by atoms with van der Waals surface area (Å²) in [4.78, 5) is 32.1. The van der Waals surface area contributed by atoms with E-state index in [0.29, 0.717) is 17.0 Å². The minimum absolute atomic E-state index is 0.0305. The van der Waals surface area contributed by atoms with E-state index in [4.69, 9.17) is 15.2 Å². The molecule has 0 saturated carbocycles. The molecule has 0 aliphatic heterocycles. The van der Waals surface area contributed by atoms with E-state index < -0.39 is 16.9 Å². The minimum atomic E-state index is -0.583. The lowest BCUT2D eigenvalue weighted by Crippen LogP contribution is -2.02. The van der Waals surface area contributed by atoms with Crippen molar-refractivity contribution in [3.05, 3.63) is 57.6 Å². The summed E-state index contributed by atoms with van der Waals surface area (Å²) in [6, 6.07) is 8.51. The van der Waals surface area contributed by atoms with Gasteiger partial charge in [0.2, 0.25) is 0 Å². The van der Waals surface area contributed by atoms with Crippen molar-refractivity contribution in [2.75, 3.05) is 34.2 Å². The highest BCUT2D eigenvalue weighted by molar-refractivity contribution is 5.91. The number of esters is 2. The zero-order chi connectivity index (χ0) is 21.3. The molecule has 10 heteroatoms. The molecule has 0 amide bonds. The molecule has 28 heavy (non-hydrogen) atoms. The van der Waals surface area contributed by atoms with Gasteiger partial charge in [-0.15, -0.1) is 0 Å². The van der Waals surface area contributed by atoms with Crippen molar-refractivity contribution in [1.29, 1.82) is 0 Å². The van der Waals surface area contributed by atoms with Crippen molar-refractivity contribution in [2.45, 2.75) is 0 Å². The SMILES string of the molecule is COC(=O)c1ccc(N)c(OC)c1.COC(=O)c1ccc([N+](=O)[O-])c(OC)c1. The molecule has 0 aromatic heterocycles. The van der Waals surface area contributed by atoms with Gasteiger partial charge in [-0.3, -0.25) is 10.1 Å². The molecule has 2 aromatic rings. The number of anilines is 1. The van der Waals surface area contributed by atoms with Gasteiger partial charge < -0.3 is 24.7 Å². The van der Waals surface area contributed by atoms with Crippen molar-refractivity contribution in [3.63, 3.8) is 0 Å². The number of ether oxygens (including phenoxy) is 4. The number of nitro benzene ring substituents is 1. The lowest BCUT2D eigenvalue weighted by molar-refractivity contribution is -0.385. The van der Waals surface area contributed by atoms with Crippen LogP contribution in [0, 0.1) is 10.1 Å². The predicted molar refractivity (Wildman–Crippen MR) is 99.7 cm³/mol. The van der Waals surface area contributed by atoms with E-state index in [2.05, 4.69) is 9.47 Å². The summed E-state index contributed by atoms with van der Waals surface area (Å²) in [5.74, 6) is -0.465. The first kappa shape index (κ1) is 22.2. The maximum absolute atomic E-state index is 11.1. The number of nitrogen functional groups attached to an aromatic ring is 1. The van der Waals surface area contributed by atoms with E-state index in [-0.39, 0.29) is 17.0 Å². The number of carbonyl (C=O) groups is 2. The highest BCUT2D eigenvalue weighted by Crippen LogP contribution is 2.27. The quantitative estimate of drug-likeness (QED) is 0.351. The number of hydrogen-bond acceptors (Lipinski definition) is 9. The van der Waals surface area contributed by atoms with Gasteiger partial charge in [-0.25, -0.2) is 9.59 Å². The second-order valence-electron chi connectivity index (χ2n) is 5.08. The van der Waals surface area contributed by atoms with E-state index in [9.17, 15) is 19.7 Å². The van der Waals surface area contributed by atoms with Gasteiger partial charge >= 0.3 is 17.6 Å². The Hall–Kier alpha value is -3.82. The Morgan fingerprint density at radius 3 is 1.75 bits per heavy atom. The van der Waals surface area contributed by atoms with E-state index in [1.54, 1.807) is 18.2 Å². The van der Waals surface area contributed by atoms with Gasteiger partial charge in [-0.1, -0.05) is 0 Å². The molecule has 0 saturated heterocycles. The Morgan fingerprint density at radius 2 is 1.32 bits per heavy atom. The second kappa shape index (κ2) is 10.4. The number of nitro groups is 1. The highest BCUT2D eigenvalue weighted by atomic mass is 16.6. The van der Waals surface area contributed by atoms with Crippen LogP contribution in [0.15, 0.2) is 36.4 Å². The second-order valence-corrected chi connectivity index (χ2v) is 5.08. The third-order valence-corrected chi connectivity index (χ3v) is 3.45. The first-order chi connectivity index (χ1) is 13.3. The Balaban J connectivity index is 0.000000283. The predicted octanol–water partition coefficient (Wildman–Crippen LogP) is 2.45. The molecule has 0 bridgehead atoms. The minimum Gasteiger partial charge on any atom is -0.495 e. The third kappa shape index (κ3) is 5.59. The summed E-state index contributed by atoms with van der Waals surface area (Å²) in [5, 5.41) is 10.5. The maximum atomic E-state index is 11.1. The number of benzene rings is 2. The fourth-order valence-corrected chi connectivity index (χ4v) is 2.03. The zero-order valence-electron chi connectivity index (χ0n) is 15.8. The van der Waals surface area contributed by atoms with Crippen LogP contribution >= 0.6 is 0 Å². The van der Waals surface area contributed by atoms with Crippen LogP contribution < -0.4 is 15.2 Å². The summed E-state index contributed by atoms with van der Waals surface area (Å²) in [6.45, 7) is 0. The average Bonchev–Trinajstić information content (AvgIpc) is 2.72. The lowest BCUT2D eigenvalue weighted by atomic mass is 10.2. The summed E-state index contributed by atoms with van der Waals surface area (Å²) in [5.41, 5.74) is 6.50. The zero-order valence-corrected chi connectivity index (χ0v) is 15.8. The smallest absolute Gasteiger partial charge is 0.337 e. The van der Waals surface area contributed by atoms with E-state index >= 15 is 0 Å². The van der Waals surface area contributed by atoms with Gasteiger partial charge in [0.1, 0.15) is 5.75 Å². The molecule has 2 N–H and O–H groups in total. The van der Waals surface area contributed by atoms with E-state index in [1.807, 2.05) is 0 Å². The van der Waals surface area contributed by atoms with Crippen LogP contribution in [0.2, 0.25) is 0 Å². The van der Waals surface area contributed by atoms with E-state index in [0.717, 1.165) is 0 Å². The first-order valence-electron chi connectivity index (χ1n) is 7.71. The molecule has 0 spiro atoms. The summed E-state index contributed by atoms with van der Waals surface area (Å²) in [6.07, 6.45) is 0. The Kier molecular flexibility index (Phi) is 8.22. The van der Waals surface area contributed by atoms with Crippen LogP contribution in [0.4, 0.5) is 11.4 Å². The molecule has 150 valence electrons. The summed E-state index contributed by atoms with van der Waals surface area (Å²) >= 11 is 0. The van der Waals surface area contributed by atoms with Crippen molar-refractivity contribution < 1.29 is 33.5 Å². The maximum Gasteiger partial charge on any atom is 0.337 e. The Labute approximate surface area is 160 Å². The van der Waals surface area contributed by atoms with Crippen molar-refractivity contribution in [1.82, 2.24) is 0 Å².